The van der Waals surface area contributed by atoms with Crippen LogP contribution in [0.5, 0.6) is 28.7 Å². The van der Waals surface area contributed by atoms with E-state index in [1.54, 1.807) is 0 Å². The van der Waals surface area contributed by atoms with Crippen LogP contribution in [0.25, 0.3) is 0 Å². The number of carbonyl (C=O) groups is 1. The van der Waals surface area contributed by atoms with E-state index >= 15 is 0 Å². The summed E-state index contributed by atoms with van der Waals surface area (Å²) >= 11 is 0. The lowest BCUT2D eigenvalue weighted by Crippen LogP contribution is -2.70. The molecule has 0 aromatic heterocycles. The molecule has 1 heterocycles. The highest BCUT2D eigenvalue weighted by Crippen LogP contribution is 2.62. The topological polar surface area (TPSA) is 391 Å². The van der Waals surface area contributed by atoms with Gasteiger partial charge in [-0.3, -0.25) is 10.1 Å². The molecule has 1 aliphatic carbocycles. The zero-order valence-corrected chi connectivity index (χ0v) is 17.8. The van der Waals surface area contributed by atoms with Gasteiger partial charge in [0, 0.05) is 0 Å². The van der Waals surface area contributed by atoms with Crippen LogP contribution in [0.1, 0.15) is 5.56 Å². The Morgan fingerprint density at radius 1 is 0.622 bits per heavy atom. The fraction of sp³-hybridized carbons (Fsp3) is 0.562. The summed E-state index contributed by atoms with van der Waals surface area (Å²) in [6.07, 6.45) is 0. The van der Waals surface area contributed by atoms with Crippen molar-refractivity contribution in [2.75, 3.05) is 7.11 Å². The summed E-state index contributed by atoms with van der Waals surface area (Å²) in [5.74, 6) is -45.1. The molecule has 0 bridgehead atoms. The van der Waals surface area contributed by atoms with Crippen molar-refractivity contribution >= 4 is 5.91 Å². The number of methoxy groups -OCH3 is 1. The molecule has 2 aliphatic rings. The van der Waals surface area contributed by atoms with Crippen LogP contribution in [0.4, 0.5) is 0 Å². The van der Waals surface area contributed by atoms with Crippen LogP contribution < -0.4 is 14.8 Å². The number of ether oxygens (including phenoxy) is 2. The van der Waals surface area contributed by atoms with Gasteiger partial charge in [-0.15, -0.1) is 0 Å². The highest BCUT2D eigenvalue weighted by molar-refractivity contribution is 5.90. The lowest BCUT2D eigenvalue weighted by Gasteiger charge is -2.40. The zero-order chi connectivity index (χ0) is 29.2. The van der Waals surface area contributed by atoms with E-state index in [2.05, 4.69) is 9.47 Å². The van der Waals surface area contributed by atoms with Gasteiger partial charge >= 0.3 is 5.79 Å². The van der Waals surface area contributed by atoms with Crippen molar-refractivity contribution in [2.24, 2.45) is 0 Å². The largest absolute Gasteiger partial charge is 0.504 e. The molecule has 210 valence electrons. The molecule has 0 radical (unpaired) electrons. The quantitative estimate of drug-likeness (QED) is 0.0944. The molecule has 1 saturated carbocycles. The minimum atomic E-state index is -5.00. The van der Waals surface area contributed by atoms with Crippen molar-refractivity contribution in [1.29, 1.82) is 0 Å². The van der Waals surface area contributed by atoms with Crippen LogP contribution in [0.2, 0.25) is 0 Å². The monoisotopic (exact) mass is 547 g/mol. The number of amides is 1. The van der Waals surface area contributed by atoms with Gasteiger partial charge in [-0.25, -0.2) is 0 Å². The van der Waals surface area contributed by atoms with E-state index in [9.17, 15) is 91.6 Å². The van der Waals surface area contributed by atoms with Crippen LogP contribution in [0.3, 0.4) is 0 Å². The Labute approximate surface area is 201 Å². The van der Waals surface area contributed by atoms with E-state index in [4.69, 9.17) is 0 Å². The first kappa shape index (κ1) is 28.7. The van der Waals surface area contributed by atoms with E-state index in [1.165, 1.54) is 0 Å². The zero-order valence-electron chi connectivity index (χ0n) is 17.8. The van der Waals surface area contributed by atoms with Crippen molar-refractivity contribution < 1.29 is 101 Å². The maximum atomic E-state index is 11.8. The molecule has 1 amide bonds. The van der Waals surface area contributed by atoms with Crippen LogP contribution in [-0.4, -0.2) is 140 Å². The summed E-state index contributed by atoms with van der Waals surface area (Å²) in [6, 6.07) is 0. The van der Waals surface area contributed by atoms with Crippen molar-refractivity contribution in [3.63, 3.8) is 0 Å². The second-order valence-corrected chi connectivity index (χ2v) is 8.23. The lowest BCUT2D eigenvalue weighted by molar-refractivity contribution is -0.452. The molecule has 1 aromatic rings. The van der Waals surface area contributed by atoms with E-state index in [0.717, 1.165) is 5.32 Å². The van der Waals surface area contributed by atoms with Crippen LogP contribution in [0.15, 0.2) is 0 Å². The Kier molecular flexibility index (Phi) is 5.55. The number of aliphatic hydroxyl groups is 14. The van der Waals surface area contributed by atoms with Gasteiger partial charge in [0.25, 0.3) is 40.8 Å². The standard InChI is InChI=1S/C16H21NO20/c1-36-6-5(20)3(18)2(9(22)10(23,24)8(21)17-16(9,34)35)4(19)7(6)37-15(33)13(29,30)11(25,26)12(27,28)14(15,31)32/h18-20,22-35H,1H3,(H,17,21). The second kappa shape index (κ2) is 7.16. The summed E-state index contributed by atoms with van der Waals surface area (Å²) in [5.41, 5.74) is -6.52. The molecule has 0 spiro atoms. The molecule has 1 aromatic carbocycles. The smallest absolute Gasteiger partial charge is 0.329 e. The van der Waals surface area contributed by atoms with Gasteiger partial charge in [0.1, 0.15) is 0 Å². The molecule has 21 nitrogen and oxygen atoms in total. The average molecular weight is 547 g/mol. The van der Waals surface area contributed by atoms with E-state index < -0.39 is 86.5 Å². The number of carbonyl (C=O) groups excluding carboxylic acids is 1. The van der Waals surface area contributed by atoms with E-state index in [-0.39, 0.29) is 0 Å². The van der Waals surface area contributed by atoms with Crippen molar-refractivity contribution in [3.05, 3.63) is 5.56 Å². The van der Waals surface area contributed by atoms with Crippen LogP contribution >= 0.6 is 0 Å². The van der Waals surface area contributed by atoms with Gasteiger partial charge in [0.05, 0.1) is 12.7 Å². The average Bonchev–Trinajstić information content (AvgIpc) is 2.89. The molecule has 1 saturated heterocycles. The summed E-state index contributed by atoms with van der Waals surface area (Å²) in [4.78, 5) is 11.8. The Morgan fingerprint density at radius 3 is 1.41 bits per heavy atom. The van der Waals surface area contributed by atoms with Crippen LogP contribution in [-0.2, 0) is 10.4 Å². The molecular formula is C16H21NO20. The lowest BCUT2D eigenvalue weighted by atomic mass is 9.82. The molecule has 1 aliphatic heterocycles. The fourth-order valence-corrected chi connectivity index (χ4v) is 3.88. The molecule has 3 rings (SSSR count). The normalized spacial score (nSPS) is 29.5. The first-order valence-electron chi connectivity index (χ1n) is 9.28. The SMILES string of the molecule is COc1c(O)c(O)c(C2(O)C(O)(O)NC(=O)C2(O)O)c(O)c1OC1(O)C(O)(O)C(O)(O)C(O)(O)C1(O)O. The first-order valence-corrected chi connectivity index (χ1v) is 9.28. The molecule has 18 N–H and O–H groups in total. The predicted octanol–water partition coefficient (Wildman–Crippen LogP) is -9.75. The van der Waals surface area contributed by atoms with E-state index in [1.807, 2.05) is 0 Å². The van der Waals surface area contributed by atoms with Crippen LogP contribution in [0, 0.1) is 0 Å². The Hall–Kier alpha value is -2.87. The van der Waals surface area contributed by atoms with E-state index in [0.29, 0.717) is 7.11 Å². The number of phenolic OH excluding ortho intramolecular Hbond substituents is 3. The van der Waals surface area contributed by atoms with Crippen molar-refractivity contribution in [2.45, 2.75) is 46.2 Å². The predicted molar refractivity (Wildman–Crippen MR) is 98.6 cm³/mol. The summed E-state index contributed by atoms with van der Waals surface area (Å²) in [6.45, 7) is 0. The number of phenols is 3. The Morgan fingerprint density at radius 2 is 1.05 bits per heavy atom. The number of nitrogens with one attached hydrogen (secondary N) is 1. The minimum Gasteiger partial charge on any atom is -0.504 e. The van der Waals surface area contributed by atoms with Gasteiger partial charge in [0.2, 0.25) is 22.8 Å². The van der Waals surface area contributed by atoms with Gasteiger partial charge in [-0.05, 0) is 0 Å². The van der Waals surface area contributed by atoms with Gasteiger partial charge in [0.15, 0.2) is 11.5 Å². The number of aromatic hydroxyl groups is 3. The number of hydrogen-bond acceptors (Lipinski definition) is 20. The molecule has 1 atom stereocenters. The summed E-state index contributed by atoms with van der Waals surface area (Å²) in [7, 11) is 0.570. The van der Waals surface area contributed by atoms with Gasteiger partial charge < -0.3 is 96.3 Å². The maximum absolute atomic E-state index is 11.8. The molecule has 2 fully saturated rings. The van der Waals surface area contributed by atoms with Gasteiger partial charge in [-0.1, -0.05) is 0 Å². The van der Waals surface area contributed by atoms with Crippen molar-refractivity contribution in [1.82, 2.24) is 5.32 Å². The third kappa shape index (κ3) is 2.75. The molecule has 37 heavy (non-hydrogen) atoms. The fourth-order valence-electron chi connectivity index (χ4n) is 3.88. The Balaban J connectivity index is 2.43. The third-order valence-corrected chi connectivity index (χ3v) is 6.17. The number of rotatable bonds is 4. The number of benzene rings is 1. The molecule has 1 unspecified atom stereocenters. The van der Waals surface area contributed by atoms with Crippen molar-refractivity contribution in [3.8, 4) is 28.7 Å². The third-order valence-electron chi connectivity index (χ3n) is 6.17. The second-order valence-electron chi connectivity index (χ2n) is 8.23. The summed E-state index contributed by atoms with van der Waals surface area (Å²) < 4.78 is 8.90. The molecular weight excluding hydrogens is 526 g/mol. The summed E-state index contributed by atoms with van der Waals surface area (Å²) in [5, 5.41) is 173. The maximum Gasteiger partial charge on any atom is 0.329 e. The number of hydrogen-bond donors (Lipinski definition) is 18. The van der Waals surface area contributed by atoms with Gasteiger partial charge in [-0.2, -0.15) is 0 Å². The first-order chi connectivity index (χ1) is 16.3. The Bertz CT molecular complexity index is 1140. The molecule has 21 heteroatoms. The highest BCUT2D eigenvalue weighted by atomic mass is 16.8. The minimum absolute atomic E-state index is 0.570. The highest BCUT2D eigenvalue weighted by Gasteiger charge is 2.93.